The Balaban J connectivity index is 1.12. The molecule has 2 unspecified atom stereocenters. The van der Waals surface area contributed by atoms with Gasteiger partial charge in [-0.15, -0.1) is 11.3 Å². The van der Waals surface area contributed by atoms with Crippen molar-refractivity contribution in [3.63, 3.8) is 0 Å². The van der Waals surface area contributed by atoms with E-state index in [-0.39, 0.29) is 35.8 Å². The molecule has 42 heavy (non-hydrogen) atoms. The first-order valence-corrected chi connectivity index (χ1v) is 14.8. The van der Waals surface area contributed by atoms with Gasteiger partial charge in [0.15, 0.2) is 11.6 Å². The third-order valence-electron chi connectivity index (χ3n) is 7.54. The summed E-state index contributed by atoms with van der Waals surface area (Å²) in [6, 6.07) is 11.8. The number of nitrogens with one attached hydrogen (secondary N) is 3. The second kappa shape index (κ2) is 12.0. The van der Waals surface area contributed by atoms with Crippen molar-refractivity contribution in [1.82, 2.24) is 25.5 Å². The molecular formula is C30H32FN7O3S. The molecule has 0 radical (unpaired) electrons. The Kier molecular flexibility index (Phi) is 8.00. The number of halogens is 1. The number of nitrogens with two attached hydrogens (primary N) is 1. The van der Waals surface area contributed by atoms with Gasteiger partial charge in [-0.05, 0) is 55.5 Å². The molecule has 10 nitrogen and oxygen atoms in total. The zero-order valence-corrected chi connectivity index (χ0v) is 23.9. The minimum atomic E-state index is -0.587. The average molecular weight is 590 g/mol. The van der Waals surface area contributed by atoms with Crippen LogP contribution in [0.3, 0.4) is 0 Å². The molecule has 218 valence electrons. The third-order valence-corrected chi connectivity index (χ3v) is 8.70. The fraction of sp³-hybridized carbons (Fsp3) is 0.333. The Morgan fingerprint density at radius 3 is 2.69 bits per heavy atom. The van der Waals surface area contributed by atoms with Gasteiger partial charge in [-0.3, -0.25) is 19.7 Å². The number of piperidine rings is 1. The van der Waals surface area contributed by atoms with Gasteiger partial charge >= 0.3 is 6.03 Å². The monoisotopic (exact) mass is 589 g/mol. The normalized spacial score (nSPS) is 18.9. The fourth-order valence-corrected chi connectivity index (χ4v) is 6.11. The van der Waals surface area contributed by atoms with E-state index in [1.54, 1.807) is 25.4 Å². The summed E-state index contributed by atoms with van der Waals surface area (Å²) >= 11 is 1.47. The highest BCUT2D eigenvalue weighted by Crippen LogP contribution is 2.39. The Morgan fingerprint density at radius 2 is 1.98 bits per heavy atom. The lowest BCUT2D eigenvalue weighted by molar-refractivity contribution is -0.126. The van der Waals surface area contributed by atoms with Gasteiger partial charge in [0.1, 0.15) is 5.75 Å². The van der Waals surface area contributed by atoms with Gasteiger partial charge in [0.2, 0.25) is 5.91 Å². The van der Waals surface area contributed by atoms with E-state index < -0.39 is 5.82 Å². The number of hydrogen-bond donors (Lipinski definition) is 4. The smallest absolute Gasteiger partial charge is 0.319 e. The molecule has 6 rings (SSSR count). The van der Waals surface area contributed by atoms with E-state index >= 15 is 0 Å². The molecule has 1 aromatic carbocycles. The molecule has 0 bridgehead atoms. The number of anilines is 1. The van der Waals surface area contributed by atoms with E-state index in [9.17, 15) is 14.0 Å². The third kappa shape index (κ3) is 6.35. The van der Waals surface area contributed by atoms with Gasteiger partial charge in [-0.2, -0.15) is 0 Å². The maximum absolute atomic E-state index is 14.9. The number of nitrogens with zero attached hydrogens (tertiary/aromatic N) is 3. The van der Waals surface area contributed by atoms with Gasteiger partial charge in [0.25, 0.3) is 0 Å². The minimum absolute atomic E-state index is 0.0464. The van der Waals surface area contributed by atoms with Crippen molar-refractivity contribution in [2.75, 3.05) is 18.9 Å². The number of amides is 3. The summed E-state index contributed by atoms with van der Waals surface area (Å²) in [6.07, 6.45) is 6.63. The molecule has 3 aromatic heterocycles. The van der Waals surface area contributed by atoms with Crippen LogP contribution in [0, 0.1) is 11.7 Å². The number of carbonyl (C=O) groups is 2. The number of benzene rings is 1. The van der Waals surface area contributed by atoms with E-state index in [0.29, 0.717) is 24.4 Å². The Morgan fingerprint density at radius 1 is 1.12 bits per heavy atom. The van der Waals surface area contributed by atoms with Gasteiger partial charge in [-0.1, -0.05) is 6.07 Å². The van der Waals surface area contributed by atoms with Crippen LogP contribution >= 0.6 is 11.3 Å². The number of aromatic nitrogens is 2. The quantitative estimate of drug-likeness (QED) is 0.232. The van der Waals surface area contributed by atoms with Crippen molar-refractivity contribution in [2.45, 2.75) is 44.4 Å². The standard InChI is InChI=1S/C30H32FN7O3S/c1-33-29(39)18-9-11-38(27(32)12-18)16-17-2-6-22(35-15-17)26-14-23-28(42-26)25(8-10-34-23)41-24-7-5-20(13-21(24)31)37-30(40)36-19-3-4-19/h2,5-8,10,13-15,18-19,27H,3-4,9,11-12,16,32H2,1H3,(H,33,39)(H2,36,37,40). The number of urea groups is 1. The predicted molar refractivity (Wildman–Crippen MR) is 160 cm³/mol. The topological polar surface area (TPSA) is 134 Å². The summed E-state index contributed by atoms with van der Waals surface area (Å²) in [7, 11) is 1.66. The number of fused-ring (bicyclic) bond motifs is 1. The molecule has 1 saturated carbocycles. The second-order valence-corrected chi connectivity index (χ2v) is 11.7. The maximum Gasteiger partial charge on any atom is 0.319 e. The molecule has 2 fully saturated rings. The van der Waals surface area contributed by atoms with Crippen molar-refractivity contribution in [1.29, 1.82) is 0 Å². The van der Waals surface area contributed by atoms with Crippen molar-refractivity contribution in [3.8, 4) is 22.1 Å². The summed E-state index contributed by atoms with van der Waals surface area (Å²) < 4.78 is 21.6. The summed E-state index contributed by atoms with van der Waals surface area (Å²) in [5.41, 5.74) is 9.26. The van der Waals surface area contributed by atoms with Crippen LogP contribution in [0.1, 0.15) is 31.2 Å². The van der Waals surface area contributed by atoms with Crippen molar-refractivity contribution in [3.05, 3.63) is 66.2 Å². The summed E-state index contributed by atoms with van der Waals surface area (Å²) in [5, 5.41) is 8.17. The number of thiophene rings is 1. The lowest BCUT2D eigenvalue weighted by Gasteiger charge is -2.36. The lowest BCUT2D eigenvalue weighted by atomic mass is 9.93. The largest absolute Gasteiger partial charge is 0.453 e. The van der Waals surface area contributed by atoms with E-state index in [0.717, 1.165) is 52.2 Å². The SMILES string of the molecule is CNC(=O)C1CCN(Cc2ccc(-c3cc4nccc(Oc5ccc(NC(=O)NC6CC6)cc5F)c4s3)nc2)C(N)C1. The van der Waals surface area contributed by atoms with Crippen LogP contribution in [0.15, 0.2) is 54.9 Å². The Labute approximate surface area is 246 Å². The molecule has 1 aliphatic carbocycles. The summed E-state index contributed by atoms with van der Waals surface area (Å²) in [4.78, 5) is 36.2. The molecule has 0 spiro atoms. The second-order valence-electron chi connectivity index (χ2n) is 10.7. The summed E-state index contributed by atoms with van der Waals surface area (Å²) in [5.74, 6) is -0.0582. The van der Waals surface area contributed by atoms with Gasteiger partial charge in [0.05, 0.1) is 27.0 Å². The highest BCUT2D eigenvalue weighted by atomic mass is 32.1. The Hall–Kier alpha value is -4.13. The molecule has 4 aromatic rings. The van der Waals surface area contributed by atoms with Crippen molar-refractivity contribution < 1.29 is 18.7 Å². The first-order chi connectivity index (χ1) is 20.4. The minimum Gasteiger partial charge on any atom is -0.453 e. The van der Waals surface area contributed by atoms with Crippen LogP contribution in [0.5, 0.6) is 11.5 Å². The molecule has 12 heteroatoms. The van der Waals surface area contributed by atoms with Gasteiger partial charge in [-0.25, -0.2) is 9.18 Å². The van der Waals surface area contributed by atoms with Crippen molar-refractivity contribution >= 4 is 39.2 Å². The summed E-state index contributed by atoms with van der Waals surface area (Å²) in [6.45, 7) is 1.41. The molecular weight excluding hydrogens is 557 g/mol. The number of carbonyl (C=O) groups excluding carboxylic acids is 2. The lowest BCUT2D eigenvalue weighted by Crippen LogP contribution is -2.50. The van der Waals surface area contributed by atoms with Gasteiger partial charge < -0.3 is 26.4 Å². The number of ether oxygens (including phenoxy) is 1. The van der Waals surface area contributed by atoms with E-state index in [1.807, 2.05) is 24.4 Å². The van der Waals surface area contributed by atoms with E-state index in [2.05, 4.69) is 30.8 Å². The zero-order valence-electron chi connectivity index (χ0n) is 23.1. The van der Waals surface area contributed by atoms with Gasteiger partial charge in [0, 0.05) is 62.3 Å². The number of likely N-dealkylation sites (tertiary alicyclic amines) is 1. The molecule has 5 N–H and O–H groups in total. The predicted octanol–water partition coefficient (Wildman–Crippen LogP) is 4.82. The molecule has 3 amide bonds. The molecule has 4 heterocycles. The van der Waals surface area contributed by atoms with Crippen molar-refractivity contribution in [2.24, 2.45) is 11.7 Å². The fourth-order valence-electron chi connectivity index (χ4n) is 5.06. The zero-order chi connectivity index (χ0) is 29.2. The molecule has 2 atom stereocenters. The number of hydrogen-bond acceptors (Lipinski definition) is 8. The number of rotatable bonds is 8. The van der Waals surface area contributed by atoms with E-state index in [4.69, 9.17) is 10.5 Å². The average Bonchev–Trinajstić information content (AvgIpc) is 3.69. The van der Waals surface area contributed by atoms with Crippen LogP contribution in [0.4, 0.5) is 14.9 Å². The van der Waals surface area contributed by atoms with Crippen LogP contribution in [-0.4, -0.2) is 52.6 Å². The highest BCUT2D eigenvalue weighted by Gasteiger charge is 2.29. The van der Waals surface area contributed by atoms with Crippen LogP contribution in [-0.2, 0) is 11.3 Å². The molecule has 2 aliphatic rings. The van der Waals surface area contributed by atoms with Crippen LogP contribution < -0.4 is 26.4 Å². The van der Waals surface area contributed by atoms with Crippen LogP contribution in [0.2, 0.25) is 0 Å². The first-order valence-electron chi connectivity index (χ1n) is 14.0. The molecule has 1 saturated heterocycles. The number of pyridine rings is 2. The van der Waals surface area contributed by atoms with E-state index in [1.165, 1.54) is 23.5 Å². The molecule has 1 aliphatic heterocycles. The first kappa shape index (κ1) is 28.0. The maximum atomic E-state index is 14.9. The van der Waals surface area contributed by atoms with Crippen LogP contribution in [0.25, 0.3) is 20.8 Å². The Bertz CT molecular complexity index is 1610. The highest BCUT2D eigenvalue weighted by molar-refractivity contribution is 7.22.